The zero-order valence-electron chi connectivity index (χ0n) is 14.0. The monoisotopic (exact) mass is 349 g/mol. The maximum absolute atomic E-state index is 12.4. The van der Waals surface area contributed by atoms with Crippen molar-refractivity contribution in [2.24, 2.45) is 0 Å². The number of rotatable bonds is 3. The summed E-state index contributed by atoms with van der Waals surface area (Å²) in [6, 6.07) is 6.09. The maximum Gasteiger partial charge on any atom is 0.269 e. The topological polar surface area (TPSA) is 117 Å². The molecule has 2 amide bonds. The minimum absolute atomic E-state index is 0.00793. The molecule has 1 aliphatic heterocycles. The Morgan fingerprint density at radius 3 is 2.32 bits per heavy atom. The van der Waals surface area contributed by atoms with Gasteiger partial charge >= 0.3 is 0 Å². The molecule has 1 aliphatic rings. The third kappa shape index (κ3) is 6.48. The van der Waals surface area contributed by atoms with Crippen LogP contribution in [0.25, 0.3) is 0 Å². The minimum Gasteiger partial charge on any atom is -0.354 e. The zero-order chi connectivity index (χ0) is 18.1. The van der Waals surface area contributed by atoms with Crippen molar-refractivity contribution >= 4 is 17.5 Å². The van der Waals surface area contributed by atoms with Crippen LogP contribution in [0.15, 0.2) is 24.3 Å². The largest absolute Gasteiger partial charge is 0.354 e. The number of carbonyl (C=O) groups excluding carboxylic acids is 2. The minimum atomic E-state index is -0.462. The highest BCUT2D eigenvalue weighted by atomic mass is 16.6. The highest BCUT2D eigenvalue weighted by Gasteiger charge is 2.18. The Labute approximate surface area is 145 Å². The van der Waals surface area contributed by atoms with Crippen molar-refractivity contribution in [2.45, 2.75) is 13.0 Å². The molecule has 136 valence electrons. The van der Waals surface area contributed by atoms with Crippen LogP contribution in [-0.4, -0.2) is 60.9 Å². The van der Waals surface area contributed by atoms with Gasteiger partial charge in [-0.05, 0) is 5.56 Å². The number of carbonyl (C=O) groups is 2. The summed E-state index contributed by atoms with van der Waals surface area (Å²) in [5.74, 6) is -0.558. The molecule has 1 heterocycles. The molecule has 1 aromatic rings. The van der Waals surface area contributed by atoms with Gasteiger partial charge in [-0.25, -0.2) is 0 Å². The second-order valence-corrected chi connectivity index (χ2v) is 5.77. The van der Waals surface area contributed by atoms with E-state index in [-0.39, 0.29) is 23.9 Å². The number of nitro benzene ring substituents is 1. The molecule has 1 saturated heterocycles. The fourth-order valence-corrected chi connectivity index (χ4v) is 2.48. The van der Waals surface area contributed by atoms with E-state index in [2.05, 4.69) is 16.0 Å². The second kappa shape index (κ2) is 9.70. The van der Waals surface area contributed by atoms with Gasteiger partial charge < -0.3 is 20.9 Å². The van der Waals surface area contributed by atoms with Crippen molar-refractivity contribution in [3.8, 4) is 0 Å². The van der Waals surface area contributed by atoms with E-state index >= 15 is 0 Å². The summed E-state index contributed by atoms with van der Waals surface area (Å²) in [5, 5.41) is 19.9. The van der Waals surface area contributed by atoms with E-state index in [0.29, 0.717) is 32.7 Å². The van der Waals surface area contributed by atoms with Crippen molar-refractivity contribution in [3.05, 3.63) is 39.9 Å². The zero-order valence-corrected chi connectivity index (χ0v) is 14.0. The van der Waals surface area contributed by atoms with Gasteiger partial charge in [-0.2, -0.15) is 0 Å². The molecular weight excluding hydrogens is 326 g/mol. The molecule has 0 atom stereocenters. The lowest BCUT2D eigenvalue weighted by molar-refractivity contribution is -0.384. The van der Waals surface area contributed by atoms with Crippen LogP contribution >= 0.6 is 0 Å². The van der Waals surface area contributed by atoms with E-state index in [0.717, 1.165) is 18.7 Å². The molecule has 9 heteroatoms. The number of hydrogen-bond donors (Lipinski definition) is 3. The van der Waals surface area contributed by atoms with Gasteiger partial charge in [0, 0.05) is 57.9 Å². The molecule has 0 radical (unpaired) electrons. The number of non-ortho nitro benzene ring substituents is 1. The molecule has 9 nitrogen and oxygen atoms in total. The normalized spacial score (nSPS) is 17.8. The van der Waals surface area contributed by atoms with Gasteiger partial charge in [0.05, 0.1) is 4.92 Å². The molecule has 0 spiro atoms. The Kier molecular flexibility index (Phi) is 7.30. The van der Waals surface area contributed by atoms with E-state index in [4.69, 9.17) is 0 Å². The number of hydrogen-bond acceptors (Lipinski definition) is 6. The Balaban J connectivity index is 2.02. The summed E-state index contributed by atoms with van der Waals surface area (Å²) in [5.41, 5.74) is 0.791. The van der Waals surface area contributed by atoms with Crippen molar-refractivity contribution in [1.29, 1.82) is 0 Å². The number of benzene rings is 1. The SMILES string of the molecule is O=C1CC(=O)N(Cc2ccc([N+](=O)[O-])cc2)CCNCCNCCN1. The Bertz CT molecular complexity index is 605. The average molecular weight is 349 g/mol. The van der Waals surface area contributed by atoms with Crippen LogP contribution < -0.4 is 16.0 Å². The molecule has 0 unspecified atom stereocenters. The smallest absolute Gasteiger partial charge is 0.269 e. The first-order valence-corrected chi connectivity index (χ1v) is 8.25. The summed E-state index contributed by atoms with van der Waals surface area (Å²) in [6.07, 6.45) is -0.201. The third-order valence-corrected chi connectivity index (χ3v) is 3.85. The predicted molar refractivity (Wildman–Crippen MR) is 91.9 cm³/mol. The van der Waals surface area contributed by atoms with Gasteiger partial charge in [0.1, 0.15) is 6.42 Å². The third-order valence-electron chi connectivity index (χ3n) is 3.85. The number of nitro groups is 1. The first-order valence-electron chi connectivity index (χ1n) is 8.25. The number of nitrogens with zero attached hydrogens (tertiary/aromatic N) is 2. The molecule has 0 saturated carbocycles. The van der Waals surface area contributed by atoms with Gasteiger partial charge in [0.15, 0.2) is 0 Å². The van der Waals surface area contributed by atoms with E-state index in [1.807, 2.05) is 0 Å². The fraction of sp³-hybridized carbons (Fsp3) is 0.500. The van der Waals surface area contributed by atoms with Crippen LogP contribution in [0.4, 0.5) is 5.69 Å². The van der Waals surface area contributed by atoms with E-state index in [1.54, 1.807) is 17.0 Å². The first-order chi connectivity index (χ1) is 12.1. The van der Waals surface area contributed by atoms with Gasteiger partial charge in [0.2, 0.25) is 11.8 Å². The molecule has 0 bridgehead atoms. The molecule has 1 fully saturated rings. The van der Waals surface area contributed by atoms with E-state index < -0.39 is 4.92 Å². The van der Waals surface area contributed by atoms with Crippen LogP contribution in [0, 0.1) is 10.1 Å². The van der Waals surface area contributed by atoms with Crippen LogP contribution in [0.3, 0.4) is 0 Å². The summed E-state index contributed by atoms with van der Waals surface area (Å²) in [4.78, 5) is 36.1. The van der Waals surface area contributed by atoms with Gasteiger partial charge in [-0.15, -0.1) is 0 Å². The fourth-order valence-electron chi connectivity index (χ4n) is 2.48. The Morgan fingerprint density at radius 2 is 1.64 bits per heavy atom. The molecule has 0 aliphatic carbocycles. The Morgan fingerprint density at radius 1 is 1.00 bits per heavy atom. The van der Waals surface area contributed by atoms with Crippen LogP contribution in [0.5, 0.6) is 0 Å². The van der Waals surface area contributed by atoms with Gasteiger partial charge in [0.25, 0.3) is 5.69 Å². The predicted octanol–water partition coefficient (Wildman–Crippen LogP) is -0.377. The van der Waals surface area contributed by atoms with Crippen LogP contribution in [0.2, 0.25) is 0 Å². The molecule has 1 aromatic carbocycles. The van der Waals surface area contributed by atoms with Crippen molar-refractivity contribution in [2.75, 3.05) is 39.3 Å². The van der Waals surface area contributed by atoms with E-state index in [9.17, 15) is 19.7 Å². The summed E-state index contributed by atoms with van der Waals surface area (Å²) in [6.45, 7) is 4.08. The quantitative estimate of drug-likeness (QED) is 0.389. The first kappa shape index (κ1) is 18.8. The highest BCUT2D eigenvalue weighted by molar-refractivity contribution is 5.96. The lowest BCUT2D eigenvalue weighted by Crippen LogP contribution is -2.39. The number of amides is 2. The van der Waals surface area contributed by atoms with Crippen molar-refractivity contribution < 1.29 is 14.5 Å². The maximum atomic E-state index is 12.4. The Hall–Kier alpha value is -2.52. The molecule has 25 heavy (non-hydrogen) atoms. The van der Waals surface area contributed by atoms with E-state index in [1.165, 1.54) is 12.1 Å². The molecule has 3 N–H and O–H groups in total. The number of nitrogens with one attached hydrogen (secondary N) is 3. The molecule has 2 rings (SSSR count). The lowest BCUT2D eigenvalue weighted by atomic mass is 10.2. The average Bonchev–Trinajstić information content (AvgIpc) is 2.60. The summed E-state index contributed by atoms with van der Waals surface area (Å²) < 4.78 is 0. The van der Waals surface area contributed by atoms with Crippen molar-refractivity contribution in [1.82, 2.24) is 20.9 Å². The standard InChI is InChI=1S/C16H23N5O4/c22-15-11-16(23)20(10-9-18-6-5-17-7-8-19-15)12-13-1-3-14(4-2-13)21(24)25/h1-4,17-18H,5-12H2,(H,19,22). The highest BCUT2D eigenvalue weighted by Crippen LogP contribution is 2.14. The van der Waals surface area contributed by atoms with Crippen molar-refractivity contribution in [3.63, 3.8) is 0 Å². The van der Waals surface area contributed by atoms with Gasteiger partial charge in [-0.1, -0.05) is 12.1 Å². The van der Waals surface area contributed by atoms with Gasteiger partial charge in [-0.3, -0.25) is 19.7 Å². The lowest BCUT2D eigenvalue weighted by Gasteiger charge is -2.23. The van der Waals surface area contributed by atoms with Crippen LogP contribution in [0.1, 0.15) is 12.0 Å². The second-order valence-electron chi connectivity index (χ2n) is 5.77. The summed E-state index contributed by atoms with van der Waals surface area (Å²) >= 11 is 0. The molecular formula is C16H23N5O4. The molecule has 0 aromatic heterocycles. The summed E-state index contributed by atoms with van der Waals surface area (Å²) in [7, 11) is 0. The van der Waals surface area contributed by atoms with Crippen LogP contribution in [-0.2, 0) is 16.1 Å².